The Bertz CT molecular complexity index is 896. The van der Waals surface area contributed by atoms with Crippen LogP contribution in [0.15, 0.2) is 59.2 Å². The molecule has 1 saturated heterocycles. The summed E-state index contributed by atoms with van der Waals surface area (Å²) in [6, 6.07) is 10.4. The third-order valence-electron chi connectivity index (χ3n) is 4.22. The Morgan fingerprint density at radius 2 is 2.16 bits per heavy atom. The van der Waals surface area contributed by atoms with Crippen molar-refractivity contribution in [2.24, 2.45) is 4.99 Å². The molecule has 2 aromatic heterocycles. The smallest absolute Gasteiger partial charge is 0.190 e. The largest absolute Gasteiger partial charge is 0.376 e. The monoisotopic (exact) mass is 355 g/mol. The van der Waals surface area contributed by atoms with Crippen molar-refractivity contribution < 1.29 is 9.13 Å². The van der Waals surface area contributed by atoms with Crippen molar-refractivity contribution in [3.8, 4) is 11.3 Å². The van der Waals surface area contributed by atoms with Crippen molar-refractivity contribution in [3.05, 3.63) is 64.8 Å². The average Bonchev–Trinajstić information content (AvgIpc) is 3.28. The van der Waals surface area contributed by atoms with E-state index in [1.165, 1.54) is 12.1 Å². The van der Waals surface area contributed by atoms with E-state index in [1.54, 1.807) is 35.9 Å². The third-order valence-corrected chi connectivity index (χ3v) is 5.08. The number of halogens is 1. The van der Waals surface area contributed by atoms with Crippen LogP contribution < -0.4 is 4.80 Å². The number of hydrogen-bond acceptors (Lipinski definition) is 4. The van der Waals surface area contributed by atoms with Crippen molar-refractivity contribution in [1.29, 1.82) is 0 Å². The molecule has 0 N–H and O–H groups in total. The number of ether oxygens (including phenoxy) is 1. The molecule has 0 saturated carbocycles. The third kappa shape index (κ3) is 3.70. The van der Waals surface area contributed by atoms with Gasteiger partial charge in [0.2, 0.25) is 0 Å². The fraction of sp³-hybridized carbons (Fsp3) is 0.263. The Morgan fingerprint density at radius 3 is 2.88 bits per heavy atom. The lowest BCUT2D eigenvalue weighted by Crippen LogP contribution is -2.24. The molecule has 0 amide bonds. The molecule has 25 heavy (non-hydrogen) atoms. The van der Waals surface area contributed by atoms with Crippen LogP contribution in [-0.4, -0.2) is 22.3 Å². The van der Waals surface area contributed by atoms with Crippen LogP contribution in [0, 0.1) is 5.82 Å². The summed E-state index contributed by atoms with van der Waals surface area (Å²) in [6.07, 6.45) is 5.82. The van der Waals surface area contributed by atoms with E-state index in [0.29, 0.717) is 0 Å². The first-order valence-electron chi connectivity index (χ1n) is 8.30. The van der Waals surface area contributed by atoms with E-state index in [0.717, 1.165) is 47.7 Å². The first kappa shape index (κ1) is 16.2. The normalized spacial score (nSPS) is 18.0. The lowest BCUT2D eigenvalue weighted by atomic mass is 10.1. The second-order valence-corrected chi connectivity index (χ2v) is 6.82. The van der Waals surface area contributed by atoms with Gasteiger partial charge in [0.15, 0.2) is 4.80 Å². The summed E-state index contributed by atoms with van der Waals surface area (Å²) in [7, 11) is 0. The number of hydrogen-bond donors (Lipinski definition) is 0. The zero-order valence-electron chi connectivity index (χ0n) is 13.6. The van der Waals surface area contributed by atoms with Gasteiger partial charge in [0.1, 0.15) is 5.82 Å². The van der Waals surface area contributed by atoms with Gasteiger partial charge < -0.3 is 9.30 Å². The molecule has 3 aromatic rings. The van der Waals surface area contributed by atoms with Gasteiger partial charge >= 0.3 is 0 Å². The molecule has 0 bridgehead atoms. The summed E-state index contributed by atoms with van der Waals surface area (Å²) in [5.74, 6) is -0.232. The van der Waals surface area contributed by atoms with Crippen molar-refractivity contribution in [2.75, 3.05) is 6.61 Å². The molecule has 0 spiro atoms. The minimum Gasteiger partial charge on any atom is -0.376 e. The first-order chi connectivity index (χ1) is 12.3. The van der Waals surface area contributed by atoms with Crippen molar-refractivity contribution in [1.82, 2.24) is 9.55 Å². The molecule has 1 aromatic carbocycles. The van der Waals surface area contributed by atoms with E-state index in [9.17, 15) is 4.39 Å². The first-order valence-corrected chi connectivity index (χ1v) is 9.18. The summed E-state index contributed by atoms with van der Waals surface area (Å²) in [5, 5.41) is 2.07. The predicted molar refractivity (Wildman–Crippen MR) is 96.1 cm³/mol. The van der Waals surface area contributed by atoms with E-state index in [-0.39, 0.29) is 11.9 Å². The van der Waals surface area contributed by atoms with Crippen LogP contribution in [0.2, 0.25) is 0 Å². The number of pyridine rings is 1. The highest BCUT2D eigenvalue weighted by atomic mass is 32.1. The molecule has 1 aliphatic heterocycles. The van der Waals surface area contributed by atoms with Crippen molar-refractivity contribution in [3.63, 3.8) is 0 Å². The van der Waals surface area contributed by atoms with E-state index < -0.39 is 0 Å². The van der Waals surface area contributed by atoms with Crippen molar-refractivity contribution in [2.45, 2.75) is 25.5 Å². The van der Waals surface area contributed by atoms with Crippen LogP contribution in [0.4, 0.5) is 10.1 Å². The number of nitrogens with zero attached hydrogens (tertiary/aromatic N) is 3. The molecule has 1 aliphatic rings. The van der Waals surface area contributed by atoms with Crippen LogP contribution in [0.5, 0.6) is 0 Å². The highest BCUT2D eigenvalue weighted by Crippen LogP contribution is 2.23. The highest BCUT2D eigenvalue weighted by Gasteiger charge is 2.19. The predicted octanol–water partition coefficient (Wildman–Crippen LogP) is 4.16. The van der Waals surface area contributed by atoms with Gasteiger partial charge in [-0.1, -0.05) is 0 Å². The molecule has 1 atom stereocenters. The van der Waals surface area contributed by atoms with Gasteiger partial charge in [0.25, 0.3) is 0 Å². The Kier molecular flexibility index (Phi) is 4.72. The van der Waals surface area contributed by atoms with Crippen LogP contribution in [0.1, 0.15) is 12.8 Å². The van der Waals surface area contributed by atoms with Gasteiger partial charge in [-0.25, -0.2) is 9.38 Å². The zero-order valence-corrected chi connectivity index (χ0v) is 14.5. The van der Waals surface area contributed by atoms with Crippen LogP contribution in [-0.2, 0) is 11.3 Å². The van der Waals surface area contributed by atoms with Gasteiger partial charge in [-0.2, -0.15) is 0 Å². The molecule has 3 heterocycles. The molecule has 0 aliphatic carbocycles. The summed E-state index contributed by atoms with van der Waals surface area (Å²) in [6.45, 7) is 1.56. The van der Waals surface area contributed by atoms with Crippen LogP contribution in [0.25, 0.3) is 11.3 Å². The second-order valence-electron chi connectivity index (χ2n) is 5.98. The van der Waals surface area contributed by atoms with Crippen molar-refractivity contribution >= 4 is 17.0 Å². The molecule has 4 rings (SSSR count). The maximum atomic E-state index is 13.3. The maximum absolute atomic E-state index is 13.3. The Hall–Kier alpha value is -2.31. The second kappa shape index (κ2) is 7.29. The summed E-state index contributed by atoms with van der Waals surface area (Å²) in [5.41, 5.74) is 2.82. The molecule has 6 heteroatoms. The molecular formula is C19H18FN3OS. The topological polar surface area (TPSA) is 39.4 Å². The molecule has 128 valence electrons. The quantitative estimate of drug-likeness (QED) is 0.705. The van der Waals surface area contributed by atoms with Gasteiger partial charge in [0.05, 0.1) is 30.2 Å². The van der Waals surface area contributed by atoms with E-state index in [1.807, 2.05) is 12.1 Å². The van der Waals surface area contributed by atoms with Crippen LogP contribution in [0.3, 0.4) is 0 Å². The lowest BCUT2D eigenvalue weighted by molar-refractivity contribution is 0.0968. The number of rotatable bonds is 4. The zero-order chi connectivity index (χ0) is 17.1. The average molecular weight is 355 g/mol. The minimum absolute atomic E-state index is 0.196. The molecule has 0 radical (unpaired) electrons. The number of benzene rings is 1. The van der Waals surface area contributed by atoms with E-state index >= 15 is 0 Å². The maximum Gasteiger partial charge on any atom is 0.190 e. The lowest BCUT2D eigenvalue weighted by Gasteiger charge is -2.14. The Labute approximate surface area is 149 Å². The summed E-state index contributed by atoms with van der Waals surface area (Å²) >= 11 is 1.57. The standard InChI is InChI=1S/C19H18FN3OS/c20-15-7-5-14(6-8-15)18-13-25-19(22-16-3-1-9-21-11-16)23(18)12-17-4-2-10-24-17/h1,3,5-9,11,13,17H,2,4,10,12H2. The number of thiazole rings is 1. The number of aromatic nitrogens is 2. The Balaban J connectivity index is 1.78. The molecule has 1 fully saturated rings. The van der Waals surface area contributed by atoms with Gasteiger partial charge in [0, 0.05) is 18.2 Å². The Morgan fingerprint density at radius 1 is 1.28 bits per heavy atom. The summed E-state index contributed by atoms with van der Waals surface area (Å²) in [4.78, 5) is 9.75. The van der Waals surface area contributed by atoms with E-state index in [4.69, 9.17) is 9.73 Å². The highest BCUT2D eigenvalue weighted by molar-refractivity contribution is 7.07. The minimum atomic E-state index is -0.232. The summed E-state index contributed by atoms with van der Waals surface area (Å²) < 4.78 is 21.3. The molecule has 4 nitrogen and oxygen atoms in total. The fourth-order valence-electron chi connectivity index (χ4n) is 2.97. The SMILES string of the molecule is Fc1ccc(-c2csc(=Nc3cccnc3)n2CC2CCCO2)cc1. The molecular weight excluding hydrogens is 337 g/mol. The van der Waals surface area contributed by atoms with Gasteiger partial charge in [-0.05, 0) is 54.8 Å². The fourth-order valence-corrected chi connectivity index (χ4v) is 3.91. The van der Waals surface area contributed by atoms with E-state index in [2.05, 4.69) is 14.9 Å². The van der Waals surface area contributed by atoms with Gasteiger partial charge in [-0.3, -0.25) is 4.98 Å². The van der Waals surface area contributed by atoms with Gasteiger partial charge in [-0.15, -0.1) is 11.3 Å². The van der Waals surface area contributed by atoms with Crippen LogP contribution >= 0.6 is 11.3 Å². The molecule has 1 unspecified atom stereocenters.